The molecule has 15 heavy (non-hydrogen) atoms. The molecular formula is C9H15N3O3. The zero-order valence-corrected chi connectivity index (χ0v) is 8.53. The Bertz CT molecular complexity index is 308. The van der Waals surface area contributed by atoms with Crippen LogP contribution in [-0.2, 0) is 4.79 Å². The van der Waals surface area contributed by atoms with Gasteiger partial charge in [-0.05, 0) is 6.92 Å². The van der Waals surface area contributed by atoms with Gasteiger partial charge in [0.2, 0.25) is 5.72 Å². The lowest BCUT2D eigenvalue weighted by atomic mass is 10.1. The van der Waals surface area contributed by atoms with Gasteiger partial charge in [0.25, 0.3) is 0 Å². The molecule has 84 valence electrons. The molecule has 0 amide bonds. The van der Waals surface area contributed by atoms with Gasteiger partial charge in [-0.25, -0.2) is 4.79 Å². The Kier molecular flexibility index (Phi) is 5.37. The molecule has 0 aromatic rings. The summed E-state index contributed by atoms with van der Waals surface area (Å²) in [6.45, 7) is 2.11. The molecule has 0 aliphatic rings. The Morgan fingerprint density at radius 2 is 2.13 bits per heavy atom. The molecule has 0 aromatic carbocycles. The standard InChI is InChI=1S/C9H15N3O3/c1-7(10)12-6-4-2-3-5-9(11,15)8(13)14/h15H,4-6,11H2,1H3,(H2,10,12)(H,13,14). The molecular weight excluding hydrogens is 198 g/mol. The lowest BCUT2D eigenvalue weighted by molar-refractivity contribution is -0.157. The molecule has 6 N–H and O–H groups in total. The minimum absolute atomic E-state index is 0.312. The third-order valence-electron chi connectivity index (χ3n) is 1.45. The minimum atomic E-state index is -2.28. The Morgan fingerprint density at radius 1 is 1.53 bits per heavy atom. The minimum Gasteiger partial charge on any atom is -0.478 e. The molecule has 0 saturated heterocycles. The van der Waals surface area contributed by atoms with E-state index >= 15 is 0 Å². The Balaban J connectivity index is 3.91. The number of nitrogens with zero attached hydrogens (tertiary/aromatic N) is 1. The lowest BCUT2D eigenvalue weighted by Gasteiger charge is -2.13. The van der Waals surface area contributed by atoms with Gasteiger partial charge in [0.15, 0.2) is 0 Å². The van der Waals surface area contributed by atoms with E-state index < -0.39 is 11.7 Å². The molecule has 6 heteroatoms. The van der Waals surface area contributed by atoms with Gasteiger partial charge in [-0.1, -0.05) is 5.92 Å². The molecule has 0 bridgehead atoms. The van der Waals surface area contributed by atoms with E-state index in [1.165, 1.54) is 0 Å². The number of hydrogen-bond donors (Lipinski definition) is 4. The highest BCUT2D eigenvalue weighted by molar-refractivity contribution is 5.77. The van der Waals surface area contributed by atoms with Crippen LogP contribution >= 0.6 is 0 Å². The largest absolute Gasteiger partial charge is 0.478 e. The number of aliphatic imine (C=N–C) groups is 1. The van der Waals surface area contributed by atoms with Crippen LogP contribution in [0.2, 0.25) is 0 Å². The second-order valence-electron chi connectivity index (χ2n) is 3.03. The Morgan fingerprint density at radius 3 is 2.60 bits per heavy atom. The molecule has 0 aliphatic heterocycles. The number of amidine groups is 1. The van der Waals surface area contributed by atoms with Gasteiger partial charge < -0.3 is 15.9 Å². The summed E-state index contributed by atoms with van der Waals surface area (Å²) in [5.41, 5.74) is 8.03. The van der Waals surface area contributed by atoms with Gasteiger partial charge in [-0.3, -0.25) is 10.7 Å². The Labute approximate surface area is 88.0 Å². The predicted molar refractivity (Wildman–Crippen MR) is 55.9 cm³/mol. The van der Waals surface area contributed by atoms with Crippen LogP contribution < -0.4 is 11.5 Å². The molecule has 0 spiro atoms. The molecule has 6 nitrogen and oxygen atoms in total. The number of aliphatic carboxylic acids is 1. The van der Waals surface area contributed by atoms with Crippen molar-refractivity contribution in [2.45, 2.75) is 25.5 Å². The van der Waals surface area contributed by atoms with E-state index in [0.29, 0.717) is 18.8 Å². The number of aliphatic hydroxyl groups is 1. The van der Waals surface area contributed by atoms with Crippen LogP contribution in [-0.4, -0.2) is 34.3 Å². The summed E-state index contributed by atoms with van der Waals surface area (Å²) >= 11 is 0. The first-order valence-electron chi connectivity index (χ1n) is 4.33. The fourth-order valence-corrected chi connectivity index (χ4v) is 0.649. The monoisotopic (exact) mass is 213 g/mol. The maximum atomic E-state index is 10.3. The summed E-state index contributed by atoms with van der Waals surface area (Å²) in [6.07, 6.45) is 0.137. The van der Waals surface area contributed by atoms with E-state index in [1.54, 1.807) is 6.92 Å². The molecule has 0 heterocycles. The third-order valence-corrected chi connectivity index (χ3v) is 1.45. The first-order valence-corrected chi connectivity index (χ1v) is 4.33. The smallest absolute Gasteiger partial charge is 0.352 e. The van der Waals surface area contributed by atoms with Gasteiger partial charge in [-0.15, -0.1) is 5.92 Å². The zero-order valence-electron chi connectivity index (χ0n) is 8.53. The van der Waals surface area contributed by atoms with E-state index in [1.807, 2.05) is 0 Å². The van der Waals surface area contributed by atoms with Crippen molar-refractivity contribution in [3.05, 3.63) is 0 Å². The Hall–Kier alpha value is -1.58. The van der Waals surface area contributed by atoms with Crippen molar-refractivity contribution in [3.8, 4) is 11.8 Å². The van der Waals surface area contributed by atoms with E-state index in [2.05, 4.69) is 16.8 Å². The molecule has 0 rings (SSSR count). The average Bonchev–Trinajstić information content (AvgIpc) is 2.10. The highest BCUT2D eigenvalue weighted by Crippen LogP contribution is 1.99. The second kappa shape index (κ2) is 6.01. The summed E-state index contributed by atoms with van der Waals surface area (Å²) in [5.74, 6) is 4.08. The van der Waals surface area contributed by atoms with Crippen LogP contribution in [0, 0.1) is 11.8 Å². The van der Waals surface area contributed by atoms with E-state index in [-0.39, 0.29) is 6.42 Å². The van der Waals surface area contributed by atoms with Crippen molar-refractivity contribution in [3.63, 3.8) is 0 Å². The van der Waals surface area contributed by atoms with Crippen LogP contribution in [0.1, 0.15) is 19.8 Å². The predicted octanol–water partition coefficient (Wildman–Crippen LogP) is -1.12. The number of carboxylic acid groups (broad SMARTS) is 1. The van der Waals surface area contributed by atoms with E-state index in [0.717, 1.165) is 0 Å². The SMILES string of the molecule is CC(N)=NCCC#CCC(N)(O)C(=O)O. The van der Waals surface area contributed by atoms with E-state index in [4.69, 9.17) is 21.7 Å². The zero-order chi connectivity index (χ0) is 11.9. The van der Waals surface area contributed by atoms with Gasteiger partial charge in [0.05, 0.1) is 18.8 Å². The highest BCUT2D eigenvalue weighted by Gasteiger charge is 2.29. The average molecular weight is 213 g/mol. The third kappa shape index (κ3) is 6.49. The van der Waals surface area contributed by atoms with Crippen LogP contribution in [0.3, 0.4) is 0 Å². The first-order chi connectivity index (χ1) is 6.86. The molecule has 1 atom stereocenters. The lowest BCUT2D eigenvalue weighted by Crippen LogP contribution is -2.47. The normalized spacial score (nSPS) is 15.0. The molecule has 0 radical (unpaired) electrons. The van der Waals surface area contributed by atoms with Crippen molar-refractivity contribution in [1.29, 1.82) is 0 Å². The number of nitrogens with two attached hydrogens (primary N) is 2. The fourth-order valence-electron chi connectivity index (χ4n) is 0.649. The molecule has 0 fully saturated rings. The molecule has 0 aliphatic carbocycles. The van der Waals surface area contributed by atoms with E-state index in [9.17, 15) is 4.79 Å². The molecule has 0 saturated carbocycles. The van der Waals surface area contributed by atoms with Gasteiger partial charge in [-0.2, -0.15) is 0 Å². The number of hydrogen-bond acceptors (Lipinski definition) is 4. The number of carbonyl (C=O) groups is 1. The fraction of sp³-hybridized carbons (Fsp3) is 0.556. The van der Waals surface area contributed by atoms with Crippen molar-refractivity contribution in [1.82, 2.24) is 0 Å². The maximum Gasteiger partial charge on any atom is 0.352 e. The van der Waals surface area contributed by atoms with Crippen LogP contribution in [0.5, 0.6) is 0 Å². The van der Waals surface area contributed by atoms with Crippen LogP contribution in [0.4, 0.5) is 0 Å². The van der Waals surface area contributed by atoms with Crippen molar-refractivity contribution < 1.29 is 15.0 Å². The van der Waals surface area contributed by atoms with Crippen LogP contribution in [0.15, 0.2) is 4.99 Å². The van der Waals surface area contributed by atoms with Gasteiger partial charge in [0.1, 0.15) is 0 Å². The summed E-state index contributed by atoms with van der Waals surface area (Å²) in [6, 6.07) is 0. The summed E-state index contributed by atoms with van der Waals surface area (Å²) in [7, 11) is 0. The quantitative estimate of drug-likeness (QED) is 0.155. The van der Waals surface area contributed by atoms with Crippen molar-refractivity contribution in [2.24, 2.45) is 16.5 Å². The topological polar surface area (TPSA) is 122 Å². The summed E-state index contributed by atoms with van der Waals surface area (Å²) in [5, 5.41) is 17.5. The maximum absolute atomic E-state index is 10.3. The first kappa shape index (κ1) is 13.4. The van der Waals surface area contributed by atoms with Gasteiger partial charge in [0, 0.05) is 6.42 Å². The van der Waals surface area contributed by atoms with Gasteiger partial charge >= 0.3 is 5.97 Å². The number of carboxylic acids is 1. The summed E-state index contributed by atoms with van der Waals surface area (Å²) < 4.78 is 0. The second-order valence-corrected chi connectivity index (χ2v) is 3.03. The number of rotatable bonds is 4. The molecule has 1 unspecified atom stereocenters. The van der Waals surface area contributed by atoms with Crippen molar-refractivity contribution >= 4 is 11.8 Å². The molecule has 0 aromatic heterocycles. The van der Waals surface area contributed by atoms with Crippen LogP contribution in [0.25, 0.3) is 0 Å². The highest BCUT2D eigenvalue weighted by atomic mass is 16.4. The summed E-state index contributed by atoms with van der Waals surface area (Å²) in [4.78, 5) is 14.2. The van der Waals surface area contributed by atoms with Crippen molar-refractivity contribution in [2.75, 3.05) is 6.54 Å².